The quantitative estimate of drug-likeness (QED) is 0.668. The van der Waals surface area contributed by atoms with Crippen molar-refractivity contribution < 1.29 is 9.53 Å². The summed E-state index contributed by atoms with van der Waals surface area (Å²) in [5, 5.41) is 0. The van der Waals surface area contributed by atoms with Crippen LogP contribution in [0.2, 0.25) is 0 Å². The highest BCUT2D eigenvalue weighted by molar-refractivity contribution is 5.72. The molecule has 0 radical (unpaired) electrons. The molecule has 1 aliphatic heterocycles. The standard InChI is InChI=1S/C17H31NO2/c1-3-8-16(15-9-4-5-10-15)17(19)20-13-14(2)18-11-6-7-12-18/h14-16H,3-13H2,1-2H3. The molecule has 3 heteroatoms. The van der Waals surface area contributed by atoms with Gasteiger partial charge < -0.3 is 4.74 Å². The van der Waals surface area contributed by atoms with Gasteiger partial charge in [-0.3, -0.25) is 9.69 Å². The molecule has 2 aliphatic rings. The highest BCUT2D eigenvalue weighted by atomic mass is 16.5. The number of hydrogen-bond acceptors (Lipinski definition) is 3. The minimum Gasteiger partial charge on any atom is -0.464 e. The molecule has 0 spiro atoms. The molecule has 2 atom stereocenters. The monoisotopic (exact) mass is 281 g/mol. The molecule has 0 bridgehead atoms. The highest BCUT2D eigenvalue weighted by Crippen LogP contribution is 2.34. The lowest BCUT2D eigenvalue weighted by Gasteiger charge is -2.26. The van der Waals surface area contributed by atoms with Gasteiger partial charge >= 0.3 is 5.97 Å². The first-order valence-corrected chi connectivity index (χ1v) is 8.63. The average Bonchev–Trinajstić information content (AvgIpc) is 3.13. The van der Waals surface area contributed by atoms with Gasteiger partial charge in [0.25, 0.3) is 0 Å². The second-order valence-corrected chi connectivity index (χ2v) is 6.66. The van der Waals surface area contributed by atoms with Gasteiger partial charge in [0.15, 0.2) is 0 Å². The number of esters is 1. The number of carbonyl (C=O) groups is 1. The van der Waals surface area contributed by atoms with E-state index < -0.39 is 0 Å². The largest absolute Gasteiger partial charge is 0.464 e. The van der Waals surface area contributed by atoms with Gasteiger partial charge in [0.05, 0.1) is 5.92 Å². The Labute approximate surface area is 124 Å². The summed E-state index contributed by atoms with van der Waals surface area (Å²) in [7, 11) is 0. The third-order valence-electron chi connectivity index (χ3n) is 5.10. The maximum atomic E-state index is 12.4. The summed E-state index contributed by atoms with van der Waals surface area (Å²) in [4.78, 5) is 14.8. The van der Waals surface area contributed by atoms with Gasteiger partial charge in [-0.15, -0.1) is 0 Å². The van der Waals surface area contributed by atoms with Gasteiger partial charge in [-0.25, -0.2) is 0 Å². The smallest absolute Gasteiger partial charge is 0.309 e. The number of ether oxygens (including phenoxy) is 1. The van der Waals surface area contributed by atoms with E-state index in [2.05, 4.69) is 18.7 Å². The fourth-order valence-corrected chi connectivity index (χ4v) is 3.81. The molecule has 0 amide bonds. The van der Waals surface area contributed by atoms with E-state index >= 15 is 0 Å². The molecule has 20 heavy (non-hydrogen) atoms. The molecule has 0 aromatic carbocycles. The summed E-state index contributed by atoms with van der Waals surface area (Å²) >= 11 is 0. The van der Waals surface area contributed by atoms with Crippen LogP contribution >= 0.6 is 0 Å². The van der Waals surface area contributed by atoms with Gasteiger partial charge in [-0.1, -0.05) is 26.2 Å². The molecule has 2 unspecified atom stereocenters. The van der Waals surface area contributed by atoms with Gasteiger partial charge in [0, 0.05) is 6.04 Å². The van der Waals surface area contributed by atoms with Crippen molar-refractivity contribution in [3.05, 3.63) is 0 Å². The van der Waals surface area contributed by atoms with E-state index in [1.54, 1.807) is 0 Å². The number of carbonyl (C=O) groups excluding carboxylic acids is 1. The first kappa shape index (κ1) is 15.8. The van der Waals surface area contributed by atoms with Crippen molar-refractivity contribution in [1.82, 2.24) is 4.90 Å². The average molecular weight is 281 g/mol. The Kier molecular flexibility index (Phi) is 6.34. The van der Waals surface area contributed by atoms with Gasteiger partial charge in [0.2, 0.25) is 0 Å². The number of hydrogen-bond donors (Lipinski definition) is 0. The van der Waals surface area contributed by atoms with E-state index in [-0.39, 0.29) is 11.9 Å². The highest BCUT2D eigenvalue weighted by Gasteiger charge is 2.31. The van der Waals surface area contributed by atoms with E-state index in [4.69, 9.17) is 4.74 Å². The van der Waals surface area contributed by atoms with Gasteiger partial charge in [0.1, 0.15) is 6.61 Å². The van der Waals surface area contributed by atoms with Crippen molar-refractivity contribution in [3.63, 3.8) is 0 Å². The Bertz CT molecular complexity index is 293. The van der Waals surface area contributed by atoms with Crippen LogP contribution in [0.5, 0.6) is 0 Å². The molecule has 0 N–H and O–H groups in total. The molecule has 0 aromatic heterocycles. The van der Waals surface area contributed by atoms with Crippen molar-refractivity contribution in [1.29, 1.82) is 0 Å². The Morgan fingerprint density at radius 1 is 1.20 bits per heavy atom. The third-order valence-corrected chi connectivity index (χ3v) is 5.10. The maximum Gasteiger partial charge on any atom is 0.309 e. The molecule has 0 aromatic rings. The molecule has 1 saturated heterocycles. The zero-order valence-corrected chi connectivity index (χ0v) is 13.3. The number of rotatable bonds is 7. The second-order valence-electron chi connectivity index (χ2n) is 6.66. The van der Waals surface area contributed by atoms with Crippen LogP contribution in [0.1, 0.15) is 65.2 Å². The van der Waals surface area contributed by atoms with Crippen LogP contribution in [0, 0.1) is 11.8 Å². The zero-order chi connectivity index (χ0) is 14.4. The molecule has 3 nitrogen and oxygen atoms in total. The summed E-state index contributed by atoms with van der Waals surface area (Å²) in [5.41, 5.74) is 0. The first-order chi connectivity index (χ1) is 9.72. The Balaban J connectivity index is 1.78. The Hall–Kier alpha value is -0.570. The van der Waals surface area contributed by atoms with E-state index in [1.807, 2.05) is 0 Å². The topological polar surface area (TPSA) is 29.5 Å². The summed E-state index contributed by atoms with van der Waals surface area (Å²) < 4.78 is 5.66. The number of nitrogens with zero attached hydrogens (tertiary/aromatic N) is 1. The van der Waals surface area contributed by atoms with E-state index in [9.17, 15) is 4.79 Å². The minimum atomic E-state index is 0.0739. The second kappa shape index (κ2) is 8.02. The lowest BCUT2D eigenvalue weighted by molar-refractivity contribution is -0.152. The summed E-state index contributed by atoms with van der Waals surface area (Å²) in [6.07, 6.45) is 9.70. The van der Waals surface area contributed by atoms with Crippen molar-refractivity contribution in [2.24, 2.45) is 11.8 Å². The van der Waals surface area contributed by atoms with Crippen molar-refractivity contribution in [3.8, 4) is 0 Å². The van der Waals surface area contributed by atoms with Crippen LogP contribution in [0.4, 0.5) is 0 Å². The molecule has 1 heterocycles. The number of likely N-dealkylation sites (tertiary alicyclic amines) is 1. The minimum absolute atomic E-state index is 0.0739. The van der Waals surface area contributed by atoms with Crippen LogP contribution in [0.3, 0.4) is 0 Å². The van der Waals surface area contributed by atoms with E-state index in [1.165, 1.54) is 51.6 Å². The van der Waals surface area contributed by atoms with E-state index in [0.29, 0.717) is 18.6 Å². The van der Waals surface area contributed by atoms with Crippen LogP contribution in [-0.4, -0.2) is 36.6 Å². The lowest BCUT2D eigenvalue weighted by atomic mass is 9.87. The fraction of sp³-hybridized carbons (Fsp3) is 0.941. The van der Waals surface area contributed by atoms with Gasteiger partial charge in [-0.2, -0.15) is 0 Å². The summed E-state index contributed by atoms with van der Waals surface area (Å²) in [5.74, 6) is 0.822. The van der Waals surface area contributed by atoms with Crippen LogP contribution < -0.4 is 0 Å². The van der Waals surface area contributed by atoms with Crippen LogP contribution in [0.15, 0.2) is 0 Å². The van der Waals surface area contributed by atoms with Crippen LogP contribution in [-0.2, 0) is 9.53 Å². The molecule has 1 saturated carbocycles. The van der Waals surface area contributed by atoms with Crippen molar-refractivity contribution in [2.45, 2.75) is 71.3 Å². The van der Waals surface area contributed by atoms with Crippen molar-refractivity contribution in [2.75, 3.05) is 19.7 Å². The summed E-state index contributed by atoms with van der Waals surface area (Å²) in [6.45, 7) is 7.26. The molecule has 116 valence electrons. The maximum absolute atomic E-state index is 12.4. The molecular formula is C17H31NO2. The molecule has 1 aliphatic carbocycles. The SMILES string of the molecule is CCCC(C(=O)OCC(C)N1CCCC1)C1CCCC1. The zero-order valence-electron chi connectivity index (χ0n) is 13.3. The summed E-state index contributed by atoms with van der Waals surface area (Å²) in [6, 6.07) is 0.382. The Morgan fingerprint density at radius 3 is 2.45 bits per heavy atom. The predicted octanol–water partition coefficient (Wildman–Crippen LogP) is 3.62. The van der Waals surface area contributed by atoms with E-state index in [0.717, 1.165) is 12.8 Å². The first-order valence-electron chi connectivity index (χ1n) is 8.63. The lowest BCUT2D eigenvalue weighted by Crippen LogP contribution is -2.36. The normalized spacial score (nSPS) is 23.9. The van der Waals surface area contributed by atoms with Gasteiger partial charge in [-0.05, 0) is 58.0 Å². The predicted molar refractivity (Wildman–Crippen MR) is 81.6 cm³/mol. The fourth-order valence-electron chi connectivity index (χ4n) is 3.81. The molecular weight excluding hydrogens is 250 g/mol. The van der Waals surface area contributed by atoms with Crippen molar-refractivity contribution >= 4 is 5.97 Å². The molecule has 2 fully saturated rings. The third kappa shape index (κ3) is 4.21. The Morgan fingerprint density at radius 2 is 1.85 bits per heavy atom. The molecule has 2 rings (SSSR count). The van der Waals surface area contributed by atoms with Crippen LogP contribution in [0.25, 0.3) is 0 Å².